The molecule has 0 aliphatic carbocycles. The Morgan fingerprint density at radius 1 is 0.353 bits per heavy atom. The molecule has 0 amide bonds. The topological polar surface area (TPSA) is 167 Å². The third kappa shape index (κ3) is 557. The fourth-order valence-corrected chi connectivity index (χ4v) is 0. The van der Waals surface area contributed by atoms with Gasteiger partial charge in [0.1, 0.15) is 0 Å². The summed E-state index contributed by atoms with van der Waals surface area (Å²) in [5.41, 5.74) is 0. The zero-order valence-corrected chi connectivity index (χ0v) is 13.3. The van der Waals surface area contributed by atoms with Crippen molar-refractivity contribution in [2.45, 2.75) is 0 Å². The Bertz CT molecular complexity index is 122. The Balaban J connectivity index is -0.00000000408. The molecule has 0 aliphatic heterocycles. The molecular formula is C7CrN7NiZn. The van der Waals surface area contributed by atoms with Crippen LogP contribution in [0.2, 0.25) is 0 Å². The van der Waals surface area contributed by atoms with Crippen molar-refractivity contribution in [3.63, 3.8) is 0 Å². The predicted molar refractivity (Wildman–Crippen MR) is 34.8 cm³/mol. The molecule has 10 heteroatoms. The molecule has 0 unspecified atom stereocenters. The maximum absolute atomic E-state index is 6.25. The Labute approximate surface area is 136 Å². The second-order valence-corrected chi connectivity index (χ2v) is 0. The first-order chi connectivity index (χ1) is 7.00. The number of rotatable bonds is 0. The standard InChI is InChI=1S/7CN.Cr.Ni.Zn/c7*1-2;;;/q7*-1;+3;2*+2. The van der Waals surface area contributed by atoms with Gasteiger partial charge < -0.3 is 82.8 Å². The van der Waals surface area contributed by atoms with Crippen molar-refractivity contribution in [3.05, 3.63) is 46.0 Å². The Morgan fingerprint density at radius 3 is 0.353 bits per heavy atom. The third-order valence-corrected chi connectivity index (χ3v) is 0. The Kier molecular flexibility index (Phi) is 4450. The summed E-state index contributed by atoms with van der Waals surface area (Å²) in [6, 6.07) is 0. The summed E-state index contributed by atoms with van der Waals surface area (Å²) < 4.78 is 0. The molecule has 81 valence electrons. The van der Waals surface area contributed by atoms with Crippen LogP contribution in [0.4, 0.5) is 0 Å². The van der Waals surface area contributed by atoms with Crippen LogP contribution in [0.25, 0.3) is 0 Å². The minimum absolute atomic E-state index is 0. The number of hydrogen-bond acceptors (Lipinski definition) is 7. The van der Waals surface area contributed by atoms with E-state index < -0.39 is 0 Å². The van der Waals surface area contributed by atoms with Gasteiger partial charge in [0.25, 0.3) is 0 Å². The monoisotopic (exact) mass is 356 g/mol. The fourth-order valence-electron chi connectivity index (χ4n) is 0. The molecule has 0 saturated carbocycles. The summed E-state index contributed by atoms with van der Waals surface area (Å²) in [6.45, 7) is 33.2. The van der Waals surface area contributed by atoms with Gasteiger partial charge in [-0.3, -0.25) is 0 Å². The van der Waals surface area contributed by atoms with E-state index in [2.05, 4.69) is 0 Å². The minimum atomic E-state index is 0. The van der Waals surface area contributed by atoms with Crippen molar-refractivity contribution in [1.82, 2.24) is 0 Å². The second kappa shape index (κ2) is 653. The van der Waals surface area contributed by atoms with Gasteiger partial charge in [-0.25, -0.2) is 0 Å². The second-order valence-electron chi connectivity index (χ2n) is 0. The molecule has 1 radical (unpaired) electrons. The van der Waals surface area contributed by atoms with E-state index in [1.807, 2.05) is 0 Å². The molecule has 0 atom stereocenters. The van der Waals surface area contributed by atoms with Crippen LogP contribution < -0.4 is 0 Å². The predicted octanol–water partition coefficient (Wildman–Crippen LogP) is 0.667. The molecule has 0 fully saturated rings. The summed E-state index contributed by atoms with van der Waals surface area (Å²) in [5.74, 6) is 0. The molecule has 0 aromatic rings. The summed E-state index contributed by atoms with van der Waals surface area (Å²) in [7, 11) is 0. The van der Waals surface area contributed by atoms with Crippen molar-refractivity contribution in [3.8, 4) is 0 Å². The van der Waals surface area contributed by atoms with Crippen LogP contribution in [0.5, 0.6) is 0 Å². The minimum Gasteiger partial charge on any atom is -0.512 e. The van der Waals surface area contributed by atoms with E-state index in [1.165, 1.54) is 0 Å². The van der Waals surface area contributed by atoms with Crippen molar-refractivity contribution in [2.75, 3.05) is 0 Å². The number of hydrogen-bond donors (Lipinski definition) is 0. The van der Waals surface area contributed by atoms with Crippen molar-refractivity contribution in [2.24, 2.45) is 0 Å². The Hall–Kier alpha value is -1.92. The van der Waals surface area contributed by atoms with Crippen LogP contribution in [0.3, 0.4) is 0 Å². The van der Waals surface area contributed by atoms with E-state index in [-0.39, 0.29) is 53.3 Å². The molecule has 0 saturated heterocycles. The first-order valence-corrected chi connectivity index (χ1v) is 1.57. The summed E-state index contributed by atoms with van der Waals surface area (Å²) in [6.07, 6.45) is 0. The van der Waals surface area contributed by atoms with Gasteiger partial charge in [0, 0.05) is 0 Å². The molecule has 7 nitrogen and oxygen atoms in total. The van der Waals surface area contributed by atoms with Crippen molar-refractivity contribution >= 4 is 0 Å². The van der Waals surface area contributed by atoms with Crippen LogP contribution in [-0.2, 0) is 53.3 Å². The van der Waals surface area contributed by atoms with Gasteiger partial charge in [-0.15, -0.1) is 0 Å². The molecule has 0 heterocycles. The van der Waals surface area contributed by atoms with Gasteiger partial charge in [-0.1, -0.05) is 0 Å². The zero-order chi connectivity index (χ0) is 14.0. The van der Waals surface area contributed by atoms with Gasteiger partial charge >= 0.3 is 53.3 Å². The molecule has 0 aliphatic rings. The van der Waals surface area contributed by atoms with E-state index in [0.717, 1.165) is 0 Å². The maximum atomic E-state index is 6.25. The van der Waals surface area contributed by atoms with Crippen LogP contribution in [0, 0.1) is 82.8 Å². The van der Waals surface area contributed by atoms with Gasteiger partial charge in [-0.05, 0) is 0 Å². The number of nitrogens with zero attached hydrogens (tertiary/aromatic N) is 7. The van der Waals surface area contributed by atoms with E-state index in [0.29, 0.717) is 0 Å². The fraction of sp³-hybridized carbons (Fsp3) is 0. The maximum Gasteiger partial charge on any atom is 3.00 e. The van der Waals surface area contributed by atoms with Crippen LogP contribution in [0.15, 0.2) is 0 Å². The van der Waals surface area contributed by atoms with Crippen molar-refractivity contribution in [1.29, 1.82) is 36.8 Å². The summed E-state index contributed by atoms with van der Waals surface area (Å²) in [5, 5.41) is 43.8. The van der Waals surface area contributed by atoms with Crippen LogP contribution in [-0.4, -0.2) is 0 Å². The van der Waals surface area contributed by atoms with E-state index in [4.69, 9.17) is 82.8 Å². The van der Waals surface area contributed by atoms with E-state index in [9.17, 15) is 0 Å². The molecule has 0 aromatic carbocycles. The van der Waals surface area contributed by atoms with E-state index in [1.54, 1.807) is 0 Å². The largest absolute Gasteiger partial charge is 3.00 e. The van der Waals surface area contributed by atoms with Crippen LogP contribution >= 0.6 is 0 Å². The average molecular weight is 358 g/mol. The SMILES string of the molecule is [C-]#N.[C-]#N.[C-]#N.[C-]#N.[C-]#N.[C-]#N.[C-]#N.[Cr+3].[Ni+2].[Zn+2]. The van der Waals surface area contributed by atoms with Gasteiger partial charge in [0.2, 0.25) is 0 Å². The average Bonchev–Trinajstić information content (AvgIpc) is 2.45. The molecule has 0 spiro atoms. The van der Waals surface area contributed by atoms with Crippen molar-refractivity contribution < 1.29 is 53.3 Å². The molecule has 0 aromatic heterocycles. The summed E-state index contributed by atoms with van der Waals surface area (Å²) in [4.78, 5) is 0. The zero-order valence-electron chi connectivity index (χ0n) is 8.06. The molecule has 17 heavy (non-hydrogen) atoms. The Morgan fingerprint density at radius 2 is 0.353 bits per heavy atom. The first-order valence-electron chi connectivity index (χ1n) is 1.57. The molecule has 0 rings (SSSR count). The van der Waals surface area contributed by atoms with Gasteiger partial charge in [-0.2, -0.15) is 0 Å². The molecular weight excluding hydrogens is 358 g/mol. The third-order valence-electron chi connectivity index (χ3n) is 0. The normalized spacial score (nSPS) is 0.824. The van der Waals surface area contributed by atoms with E-state index >= 15 is 0 Å². The van der Waals surface area contributed by atoms with Gasteiger partial charge in [0.15, 0.2) is 0 Å². The quantitative estimate of drug-likeness (QED) is 0.453. The summed E-state index contributed by atoms with van der Waals surface area (Å²) >= 11 is 0. The molecule has 0 bridgehead atoms. The molecule has 0 N–H and O–H groups in total. The first kappa shape index (κ1) is 116. The smallest absolute Gasteiger partial charge is 0.512 e. The van der Waals surface area contributed by atoms with Gasteiger partial charge in [0.05, 0.1) is 0 Å². The van der Waals surface area contributed by atoms with Crippen LogP contribution in [0.1, 0.15) is 0 Å².